The van der Waals surface area contributed by atoms with E-state index in [-0.39, 0.29) is 5.95 Å². The molecule has 0 aliphatic heterocycles. The molecule has 0 spiro atoms. The van der Waals surface area contributed by atoms with Crippen LogP contribution in [0.1, 0.15) is 19.3 Å². The van der Waals surface area contributed by atoms with E-state index in [1.54, 1.807) is 7.11 Å². The molecule has 2 rings (SSSR count). The number of hydrogen-bond donors (Lipinski definition) is 1. The lowest BCUT2D eigenvalue weighted by molar-refractivity contribution is 0.390. The van der Waals surface area contributed by atoms with Crippen molar-refractivity contribution >= 4 is 11.8 Å². The first-order valence-corrected chi connectivity index (χ1v) is 5.12. The number of nitrogens with zero attached hydrogens (tertiary/aromatic N) is 3. The van der Waals surface area contributed by atoms with Gasteiger partial charge in [-0.3, -0.25) is 0 Å². The molecule has 1 heterocycles. The molecule has 1 fully saturated rings. The summed E-state index contributed by atoms with van der Waals surface area (Å²) in [5.41, 5.74) is 5.60. The van der Waals surface area contributed by atoms with E-state index in [0.717, 1.165) is 5.82 Å². The molecule has 1 saturated carbocycles. The molecule has 0 amide bonds. The summed E-state index contributed by atoms with van der Waals surface area (Å²) in [6, 6.07) is 2.40. The third-order valence-corrected chi connectivity index (χ3v) is 2.90. The van der Waals surface area contributed by atoms with Crippen LogP contribution in [-0.4, -0.2) is 30.2 Å². The van der Waals surface area contributed by atoms with Crippen molar-refractivity contribution < 1.29 is 4.74 Å². The zero-order chi connectivity index (χ0) is 10.8. The van der Waals surface area contributed by atoms with Gasteiger partial charge in [-0.15, -0.1) is 0 Å². The lowest BCUT2D eigenvalue weighted by Crippen LogP contribution is -2.37. The summed E-state index contributed by atoms with van der Waals surface area (Å²) >= 11 is 0. The van der Waals surface area contributed by atoms with Crippen molar-refractivity contribution in [2.75, 3.05) is 24.8 Å². The van der Waals surface area contributed by atoms with Gasteiger partial charge in [0.2, 0.25) is 11.8 Å². The molecular weight excluding hydrogens is 192 g/mol. The maximum absolute atomic E-state index is 5.60. The number of rotatable bonds is 3. The van der Waals surface area contributed by atoms with Crippen LogP contribution in [0.3, 0.4) is 0 Å². The Morgan fingerprint density at radius 2 is 2.20 bits per heavy atom. The molecule has 1 aliphatic carbocycles. The zero-order valence-corrected chi connectivity index (χ0v) is 9.10. The van der Waals surface area contributed by atoms with Crippen LogP contribution < -0.4 is 15.4 Å². The molecule has 5 heteroatoms. The Morgan fingerprint density at radius 1 is 1.47 bits per heavy atom. The quantitative estimate of drug-likeness (QED) is 0.804. The van der Waals surface area contributed by atoms with Crippen molar-refractivity contribution in [3.8, 4) is 5.88 Å². The molecule has 2 N–H and O–H groups in total. The van der Waals surface area contributed by atoms with Crippen LogP contribution in [0.4, 0.5) is 11.8 Å². The number of aromatic nitrogens is 2. The highest BCUT2D eigenvalue weighted by molar-refractivity contribution is 5.46. The molecule has 82 valence electrons. The highest BCUT2D eigenvalue weighted by Gasteiger charge is 2.23. The van der Waals surface area contributed by atoms with Crippen LogP contribution in [0, 0.1) is 0 Å². The fraction of sp³-hybridized carbons (Fsp3) is 0.600. The third kappa shape index (κ3) is 1.95. The predicted octanol–water partition coefficient (Wildman–Crippen LogP) is 1.06. The molecule has 0 saturated heterocycles. The summed E-state index contributed by atoms with van der Waals surface area (Å²) in [6.07, 6.45) is 3.75. The molecule has 15 heavy (non-hydrogen) atoms. The summed E-state index contributed by atoms with van der Waals surface area (Å²) in [5.74, 6) is 1.61. The Morgan fingerprint density at radius 3 is 2.73 bits per heavy atom. The SMILES string of the molecule is COc1cc(N(C)C2CCC2)nc(N)n1. The third-order valence-electron chi connectivity index (χ3n) is 2.90. The number of hydrogen-bond acceptors (Lipinski definition) is 5. The van der Waals surface area contributed by atoms with Gasteiger partial charge >= 0.3 is 0 Å². The van der Waals surface area contributed by atoms with Gasteiger partial charge in [-0.2, -0.15) is 9.97 Å². The van der Waals surface area contributed by atoms with Crippen molar-refractivity contribution in [3.63, 3.8) is 0 Å². The van der Waals surface area contributed by atoms with Crippen molar-refractivity contribution in [3.05, 3.63) is 6.07 Å². The maximum atomic E-state index is 5.60. The topological polar surface area (TPSA) is 64.3 Å². The first-order chi connectivity index (χ1) is 7.20. The minimum Gasteiger partial charge on any atom is -0.481 e. The molecule has 5 nitrogen and oxygen atoms in total. The molecule has 0 aromatic carbocycles. The number of nitrogen functional groups attached to an aromatic ring is 1. The summed E-state index contributed by atoms with van der Waals surface area (Å²) in [4.78, 5) is 10.3. The smallest absolute Gasteiger partial charge is 0.225 e. The Kier molecular flexibility index (Phi) is 2.62. The number of methoxy groups -OCH3 is 1. The van der Waals surface area contributed by atoms with Gasteiger partial charge in [0.25, 0.3) is 0 Å². The van der Waals surface area contributed by atoms with Crippen LogP contribution >= 0.6 is 0 Å². The van der Waals surface area contributed by atoms with E-state index in [0.29, 0.717) is 11.9 Å². The second kappa shape index (κ2) is 3.92. The molecule has 1 aromatic heterocycles. The Balaban J connectivity index is 2.22. The fourth-order valence-electron chi connectivity index (χ4n) is 1.68. The molecule has 0 radical (unpaired) electrons. The minimum atomic E-state index is 0.260. The summed E-state index contributed by atoms with van der Waals surface area (Å²) in [6.45, 7) is 0. The molecular formula is C10H16N4O. The fourth-order valence-corrected chi connectivity index (χ4v) is 1.68. The largest absolute Gasteiger partial charge is 0.481 e. The standard InChI is InChI=1S/C10H16N4O/c1-14(7-4-3-5-7)8-6-9(15-2)13-10(11)12-8/h6-7H,3-5H2,1-2H3,(H2,11,12,13). The Bertz CT molecular complexity index is 351. The van der Waals surface area contributed by atoms with Crippen molar-refractivity contribution in [1.82, 2.24) is 9.97 Å². The molecule has 0 unspecified atom stereocenters. The van der Waals surface area contributed by atoms with Crippen molar-refractivity contribution in [1.29, 1.82) is 0 Å². The molecule has 0 bridgehead atoms. The second-order valence-corrected chi connectivity index (χ2v) is 3.82. The van der Waals surface area contributed by atoms with E-state index in [1.165, 1.54) is 19.3 Å². The Hall–Kier alpha value is -1.52. The van der Waals surface area contributed by atoms with Gasteiger partial charge in [0, 0.05) is 19.2 Å². The summed E-state index contributed by atoms with van der Waals surface area (Å²) in [7, 11) is 3.61. The maximum Gasteiger partial charge on any atom is 0.225 e. The minimum absolute atomic E-state index is 0.260. The first kappa shape index (κ1) is 10.0. The number of anilines is 2. The van der Waals surface area contributed by atoms with Crippen molar-refractivity contribution in [2.45, 2.75) is 25.3 Å². The highest BCUT2D eigenvalue weighted by atomic mass is 16.5. The number of ether oxygens (including phenoxy) is 1. The van der Waals surface area contributed by atoms with Crippen LogP contribution in [0.25, 0.3) is 0 Å². The normalized spacial score (nSPS) is 15.9. The van der Waals surface area contributed by atoms with Gasteiger partial charge in [-0.05, 0) is 19.3 Å². The van der Waals surface area contributed by atoms with Gasteiger partial charge < -0.3 is 15.4 Å². The first-order valence-electron chi connectivity index (χ1n) is 5.12. The lowest BCUT2D eigenvalue weighted by Gasteiger charge is -2.35. The lowest BCUT2D eigenvalue weighted by atomic mass is 9.92. The van der Waals surface area contributed by atoms with E-state index >= 15 is 0 Å². The second-order valence-electron chi connectivity index (χ2n) is 3.82. The average molecular weight is 208 g/mol. The monoisotopic (exact) mass is 208 g/mol. The van der Waals surface area contributed by atoms with Gasteiger partial charge in [-0.1, -0.05) is 0 Å². The Labute approximate surface area is 89.3 Å². The van der Waals surface area contributed by atoms with Crippen LogP contribution in [0.15, 0.2) is 6.07 Å². The van der Waals surface area contributed by atoms with Gasteiger partial charge in [0.05, 0.1) is 7.11 Å². The molecule has 1 aromatic rings. The molecule has 0 atom stereocenters. The van der Waals surface area contributed by atoms with Gasteiger partial charge in [-0.25, -0.2) is 0 Å². The average Bonchev–Trinajstić information content (AvgIpc) is 2.14. The van der Waals surface area contributed by atoms with E-state index < -0.39 is 0 Å². The van der Waals surface area contributed by atoms with Gasteiger partial charge in [0.1, 0.15) is 5.82 Å². The van der Waals surface area contributed by atoms with Gasteiger partial charge in [0.15, 0.2) is 0 Å². The predicted molar refractivity (Wildman–Crippen MR) is 59.0 cm³/mol. The van der Waals surface area contributed by atoms with E-state index in [1.807, 2.05) is 13.1 Å². The highest BCUT2D eigenvalue weighted by Crippen LogP contribution is 2.28. The summed E-state index contributed by atoms with van der Waals surface area (Å²) < 4.78 is 5.06. The van der Waals surface area contributed by atoms with Crippen LogP contribution in [0.2, 0.25) is 0 Å². The van der Waals surface area contributed by atoms with E-state index in [4.69, 9.17) is 10.5 Å². The zero-order valence-electron chi connectivity index (χ0n) is 9.10. The summed E-state index contributed by atoms with van der Waals surface area (Å²) in [5, 5.41) is 0. The van der Waals surface area contributed by atoms with Crippen LogP contribution in [0.5, 0.6) is 5.88 Å². The van der Waals surface area contributed by atoms with Crippen LogP contribution in [-0.2, 0) is 0 Å². The van der Waals surface area contributed by atoms with E-state index in [9.17, 15) is 0 Å². The van der Waals surface area contributed by atoms with Crippen molar-refractivity contribution in [2.24, 2.45) is 0 Å². The molecule has 1 aliphatic rings. The number of nitrogens with two attached hydrogens (primary N) is 1. The van der Waals surface area contributed by atoms with E-state index in [2.05, 4.69) is 14.9 Å².